The van der Waals surface area contributed by atoms with Crippen LogP contribution in [0, 0.1) is 5.92 Å². The molecule has 2 atom stereocenters. The smallest absolute Gasteiger partial charge is 0.222 e. The molecule has 0 bridgehead atoms. The first-order chi connectivity index (χ1) is 8.66. The van der Waals surface area contributed by atoms with E-state index in [0.717, 1.165) is 18.8 Å². The average molecular weight is 255 g/mol. The van der Waals surface area contributed by atoms with Gasteiger partial charge in [-0.1, -0.05) is 32.1 Å². The van der Waals surface area contributed by atoms with Crippen LogP contribution in [-0.2, 0) is 4.79 Å². The zero-order valence-corrected chi connectivity index (χ0v) is 11.1. The van der Waals surface area contributed by atoms with E-state index in [-0.39, 0.29) is 5.91 Å². The molecule has 1 aliphatic heterocycles. The molecular weight excluding hydrogens is 230 g/mol. The predicted octanol–water partition coefficient (Wildman–Crippen LogP) is 1.30. The fraction of sp³-hybridized carbons (Fsp3) is 0.929. The summed E-state index contributed by atoms with van der Waals surface area (Å²) in [6, 6.07) is 0. The second-order valence-corrected chi connectivity index (χ2v) is 5.83. The number of amides is 1. The third-order valence-corrected chi connectivity index (χ3v) is 4.34. The van der Waals surface area contributed by atoms with Crippen LogP contribution in [0.15, 0.2) is 0 Å². The summed E-state index contributed by atoms with van der Waals surface area (Å²) in [5.41, 5.74) is 0. The monoisotopic (exact) mass is 255 g/mol. The molecular formula is C14H25NO3. The molecule has 1 aliphatic carbocycles. The summed E-state index contributed by atoms with van der Waals surface area (Å²) >= 11 is 0. The van der Waals surface area contributed by atoms with Crippen molar-refractivity contribution < 1.29 is 15.0 Å². The van der Waals surface area contributed by atoms with Gasteiger partial charge in [-0.2, -0.15) is 0 Å². The minimum absolute atomic E-state index is 0.0846. The Bertz CT molecular complexity index is 266. The first-order valence-electron chi connectivity index (χ1n) is 7.30. The van der Waals surface area contributed by atoms with E-state index < -0.39 is 12.2 Å². The van der Waals surface area contributed by atoms with Gasteiger partial charge in [-0.05, 0) is 18.8 Å². The molecule has 2 fully saturated rings. The molecule has 2 aliphatic rings. The molecule has 2 rings (SSSR count). The van der Waals surface area contributed by atoms with Gasteiger partial charge in [-0.15, -0.1) is 0 Å². The highest BCUT2D eigenvalue weighted by molar-refractivity contribution is 5.76. The Morgan fingerprint density at radius 1 is 1.06 bits per heavy atom. The largest absolute Gasteiger partial charge is 0.388 e. The zero-order chi connectivity index (χ0) is 13.0. The lowest BCUT2D eigenvalue weighted by molar-refractivity contribution is -0.130. The van der Waals surface area contributed by atoms with E-state index in [4.69, 9.17) is 0 Å². The quantitative estimate of drug-likeness (QED) is 0.796. The maximum Gasteiger partial charge on any atom is 0.222 e. The van der Waals surface area contributed by atoms with Crippen molar-refractivity contribution in [1.82, 2.24) is 4.90 Å². The number of aliphatic hydroxyl groups excluding tert-OH is 2. The molecule has 0 aromatic rings. The Morgan fingerprint density at radius 2 is 1.67 bits per heavy atom. The van der Waals surface area contributed by atoms with Gasteiger partial charge < -0.3 is 15.1 Å². The van der Waals surface area contributed by atoms with Crippen LogP contribution in [0.5, 0.6) is 0 Å². The molecule has 1 saturated carbocycles. The van der Waals surface area contributed by atoms with Crippen LogP contribution in [0.4, 0.5) is 0 Å². The molecule has 0 unspecified atom stereocenters. The standard InChI is InChI=1S/C14H25NO3/c16-12-9-15(10-13(12)17)14(18)8-4-7-11-5-2-1-3-6-11/h11-13,16-17H,1-10H2/t12-,13+. The Kier molecular flexibility index (Phi) is 5.01. The lowest BCUT2D eigenvalue weighted by Crippen LogP contribution is -2.29. The normalized spacial score (nSPS) is 29.8. The maximum absolute atomic E-state index is 11.9. The SMILES string of the molecule is O=C(CCCC1CCCCC1)N1C[C@@H](O)[C@@H](O)C1. The number of rotatable bonds is 4. The van der Waals surface area contributed by atoms with E-state index in [1.165, 1.54) is 32.1 Å². The number of β-amino-alcohol motifs (C(OH)–C–C–N with tert-alkyl or cyclic N) is 2. The van der Waals surface area contributed by atoms with Crippen molar-refractivity contribution in [2.24, 2.45) is 5.92 Å². The fourth-order valence-electron chi connectivity index (χ4n) is 3.15. The van der Waals surface area contributed by atoms with E-state index >= 15 is 0 Å². The number of aliphatic hydroxyl groups is 2. The van der Waals surface area contributed by atoms with Crippen LogP contribution in [0.3, 0.4) is 0 Å². The van der Waals surface area contributed by atoms with Crippen molar-refractivity contribution in [3.63, 3.8) is 0 Å². The van der Waals surface area contributed by atoms with Crippen molar-refractivity contribution in [3.8, 4) is 0 Å². The van der Waals surface area contributed by atoms with Gasteiger partial charge in [0.1, 0.15) is 0 Å². The number of nitrogens with zero attached hydrogens (tertiary/aromatic N) is 1. The van der Waals surface area contributed by atoms with Gasteiger partial charge in [0, 0.05) is 19.5 Å². The van der Waals surface area contributed by atoms with E-state index in [1.807, 2.05) is 0 Å². The molecule has 1 saturated heterocycles. The van der Waals surface area contributed by atoms with E-state index in [0.29, 0.717) is 19.5 Å². The van der Waals surface area contributed by atoms with Gasteiger partial charge in [0.05, 0.1) is 12.2 Å². The first kappa shape index (κ1) is 13.8. The third-order valence-electron chi connectivity index (χ3n) is 4.34. The highest BCUT2D eigenvalue weighted by Crippen LogP contribution is 2.27. The van der Waals surface area contributed by atoms with E-state index in [9.17, 15) is 15.0 Å². The predicted molar refractivity (Wildman–Crippen MR) is 69.0 cm³/mol. The van der Waals surface area contributed by atoms with Gasteiger partial charge in [-0.3, -0.25) is 4.79 Å². The lowest BCUT2D eigenvalue weighted by Gasteiger charge is -2.21. The van der Waals surface area contributed by atoms with Crippen LogP contribution in [0.2, 0.25) is 0 Å². The topological polar surface area (TPSA) is 60.8 Å². The van der Waals surface area contributed by atoms with Crippen LogP contribution in [-0.4, -0.2) is 46.3 Å². The number of likely N-dealkylation sites (tertiary alicyclic amines) is 1. The molecule has 18 heavy (non-hydrogen) atoms. The molecule has 0 spiro atoms. The maximum atomic E-state index is 11.9. The zero-order valence-electron chi connectivity index (χ0n) is 11.1. The van der Waals surface area contributed by atoms with Crippen LogP contribution < -0.4 is 0 Å². The van der Waals surface area contributed by atoms with E-state index in [1.54, 1.807) is 4.90 Å². The van der Waals surface area contributed by atoms with E-state index in [2.05, 4.69) is 0 Å². The van der Waals surface area contributed by atoms with Crippen molar-refractivity contribution in [3.05, 3.63) is 0 Å². The minimum atomic E-state index is -0.757. The average Bonchev–Trinajstić information content (AvgIpc) is 2.71. The molecule has 2 N–H and O–H groups in total. The molecule has 4 nitrogen and oxygen atoms in total. The first-order valence-corrected chi connectivity index (χ1v) is 7.30. The van der Waals surface area contributed by atoms with Gasteiger partial charge in [0.2, 0.25) is 5.91 Å². The Morgan fingerprint density at radius 3 is 2.28 bits per heavy atom. The van der Waals surface area contributed by atoms with Gasteiger partial charge in [-0.25, -0.2) is 0 Å². The molecule has 0 radical (unpaired) electrons. The number of carbonyl (C=O) groups excluding carboxylic acids is 1. The second kappa shape index (κ2) is 6.53. The van der Waals surface area contributed by atoms with Crippen molar-refractivity contribution in [2.45, 2.75) is 63.6 Å². The lowest BCUT2D eigenvalue weighted by atomic mass is 9.86. The summed E-state index contributed by atoms with van der Waals surface area (Å²) in [7, 11) is 0. The van der Waals surface area contributed by atoms with Crippen LogP contribution >= 0.6 is 0 Å². The van der Waals surface area contributed by atoms with Gasteiger partial charge in [0.25, 0.3) is 0 Å². The summed E-state index contributed by atoms with van der Waals surface area (Å²) in [6.45, 7) is 0.590. The fourth-order valence-corrected chi connectivity index (χ4v) is 3.15. The van der Waals surface area contributed by atoms with Crippen LogP contribution in [0.25, 0.3) is 0 Å². The molecule has 0 aromatic carbocycles. The summed E-state index contributed by atoms with van der Waals surface area (Å²) in [5, 5.41) is 18.8. The summed E-state index contributed by atoms with van der Waals surface area (Å²) < 4.78 is 0. The Labute approximate surface area is 109 Å². The highest BCUT2D eigenvalue weighted by atomic mass is 16.3. The van der Waals surface area contributed by atoms with Gasteiger partial charge in [0.15, 0.2) is 0 Å². The van der Waals surface area contributed by atoms with Crippen molar-refractivity contribution in [2.75, 3.05) is 13.1 Å². The number of hydrogen-bond donors (Lipinski definition) is 2. The second-order valence-electron chi connectivity index (χ2n) is 5.83. The number of hydrogen-bond acceptors (Lipinski definition) is 3. The third kappa shape index (κ3) is 3.69. The van der Waals surface area contributed by atoms with Gasteiger partial charge >= 0.3 is 0 Å². The molecule has 104 valence electrons. The van der Waals surface area contributed by atoms with Crippen LogP contribution in [0.1, 0.15) is 51.4 Å². The highest BCUT2D eigenvalue weighted by Gasteiger charge is 2.32. The Hall–Kier alpha value is -0.610. The summed E-state index contributed by atoms with van der Waals surface area (Å²) in [5.74, 6) is 0.905. The van der Waals surface area contributed by atoms with Crippen molar-refractivity contribution in [1.29, 1.82) is 0 Å². The molecule has 1 heterocycles. The molecule has 0 aromatic heterocycles. The minimum Gasteiger partial charge on any atom is -0.388 e. The molecule has 4 heteroatoms. The Balaban J connectivity index is 1.62. The molecule has 1 amide bonds. The summed E-state index contributed by atoms with van der Waals surface area (Å²) in [4.78, 5) is 13.5. The number of carbonyl (C=O) groups is 1. The summed E-state index contributed by atoms with van der Waals surface area (Å²) in [6.07, 6.45) is 7.89. The van der Waals surface area contributed by atoms with Crippen molar-refractivity contribution >= 4 is 5.91 Å².